The van der Waals surface area contributed by atoms with Crippen molar-refractivity contribution in [2.75, 3.05) is 0 Å². The van der Waals surface area contributed by atoms with E-state index in [0.717, 1.165) is 0 Å². The molecule has 0 aromatic heterocycles. The average Bonchev–Trinajstić information content (AvgIpc) is 2.54. The highest BCUT2D eigenvalue weighted by atomic mass is 32.1. The summed E-state index contributed by atoms with van der Waals surface area (Å²) >= 11 is 3.52. The Balaban J connectivity index is 3.74. The average molecular weight is 330 g/mol. The maximum Gasteiger partial charge on any atom is 0.347 e. The summed E-state index contributed by atoms with van der Waals surface area (Å²) in [4.78, 5) is 23.3. The molecule has 0 aliphatic heterocycles. The Bertz CT molecular complexity index is 670. The van der Waals surface area contributed by atoms with Crippen LogP contribution in [0.2, 0.25) is 0 Å². The van der Waals surface area contributed by atoms with Gasteiger partial charge in [-0.1, -0.05) is 61.2 Å². The number of hydrogen-bond acceptors (Lipinski definition) is 4. The molecule has 0 radical (unpaired) electrons. The number of hydrogen-bond donors (Lipinski definition) is 2. The molecule has 0 heterocycles. The van der Waals surface area contributed by atoms with Crippen LogP contribution in [0.25, 0.3) is 5.57 Å². The van der Waals surface area contributed by atoms with Gasteiger partial charge < -0.3 is 9.29 Å². The third kappa shape index (κ3) is 5.30. The van der Waals surface area contributed by atoms with Gasteiger partial charge in [-0.3, -0.25) is 4.79 Å². The van der Waals surface area contributed by atoms with E-state index in [0.29, 0.717) is 16.7 Å². The van der Waals surface area contributed by atoms with Gasteiger partial charge in [-0.05, 0) is 23.6 Å². The smallest absolute Gasteiger partial charge is 0.347 e. The summed E-state index contributed by atoms with van der Waals surface area (Å²) in [6.07, 6.45) is 6.37. The normalized spacial score (nSPS) is 12.7. The summed E-state index contributed by atoms with van der Waals surface area (Å²) < 4.78 is 4.48. The SMILES string of the molecule is C=C/C=C(\C=C/C)C(=C(/CC(=O)O)C(=O)OS)/c1ccccc1. The maximum absolute atomic E-state index is 12.1. The standard InChI is InChI=1S/C18H18O4S/c1-3-8-13(9-4-2)17(14-10-6-5-7-11-14)15(12-16(19)20)18(21)22-23/h3-11,23H,1,12H2,2H3,(H,19,20)/b9-4-,13-8+,17-15+. The van der Waals surface area contributed by atoms with Crippen LogP contribution in [0.1, 0.15) is 18.9 Å². The number of carbonyl (C=O) groups excluding carboxylic acids is 1. The van der Waals surface area contributed by atoms with Crippen molar-refractivity contribution in [1.29, 1.82) is 0 Å². The zero-order valence-corrected chi connectivity index (χ0v) is 13.6. The summed E-state index contributed by atoms with van der Waals surface area (Å²) in [7, 11) is 0. The number of aliphatic carboxylic acids is 1. The van der Waals surface area contributed by atoms with Crippen molar-refractivity contribution in [3.63, 3.8) is 0 Å². The molecular formula is C18H18O4S. The van der Waals surface area contributed by atoms with Crippen LogP contribution in [0.4, 0.5) is 0 Å². The molecule has 0 amide bonds. The molecule has 1 rings (SSSR count). The van der Waals surface area contributed by atoms with Gasteiger partial charge in [-0.25, -0.2) is 4.79 Å². The monoisotopic (exact) mass is 330 g/mol. The zero-order chi connectivity index (χ0) is 17.2. The fourth-order valence-corrected chi connectivity index (χ4v) is 2.23. The van der Waals surface area contributed by atoms with Crippen molar-refractivity contribution in [3.8, 4) is 0 Å². The molecule has 0 saturated carbocycles. The van der Waals surface area contributed by atoms with Crippen molar-refractivity contribution in [1.82, 2.24) is 0 Å². The van der Waals surface area contributed by atoms with Crippen LogP contribution in [0.15, 0.2) is 72.4 Å². The van der Waals surface area contributed by atoms with Gasteiger partial charge in [0.1, 0.15) is 0 Å². The molecule has 1 N–H and O–H groups in total. The molecular weight excluding hydrogens is 312 g/mol. The maximum atomic E-state index is 12.1. The van der Waals surface area contributed by atoms with Crippen LogP contribution in [0.3, 0.4) is 0 Å². The Hall–Kier alpha value is -2.53. The number of carbonyl (C=O) groups is 2. The first-order valence-electron chi connectivity index (χ1n) is 6.87. The van der Waals surface area contributed by atoms with Crippen molar-refractivity contribution in [2.24, 2.45) is 0 Å². The van der Waals surface area contributed by atoms with Gasteiger partial charge in [0.05, 0.1) is 12.0 Å². The molecule has 5 heteroatoms. The second-order valence-corrected chi connectivity index (χ2v) is 4.71. The zero-order valence-electron chi connectivity index (χ0n) is 12.7. The van der Waals surface area contributed by atoms with Crippen LogP contribution in [-0.2, 0) is 13.8 Å². The summed E-state index contributed by atoms with van der Waals surface area (Å²) in [5.41, 5.74) is 1.85. The van der Waals surface area contributed by atoms with E-state index in [9.17, 15) is 9.59 Å². The van der Waals surface area contributed by atoms with E-state index < -0.39 is 18.4 Å². The van der Waals surface area contributed by atoms with Gasteiger partial charge in [0.2, 0.25) is 0 Å². The molecule has 0 bridgehead atoms. The van der Waals surface area contributed by atoms with Gasteiger partial charge in [0, 0.05) is 12.9 Å². The highest BCUT2D eigenvalue weighted by Gasteiger charge is 2.22. The highest BCUT2D eigenvalue weighted by molar-refractivity contribution is 7.75. The van der Waals surface area contributed by atoms with E-state index in [-0.39, 0.29) is 5.57 Å². The highest BCUT2D eigenvalue weighted by Crippen LogP contribution is 2.30. The van der Waals surface area contributed by atoms with Gasteiger partial charge in [0.15, 0.2) is 0 Å². The van der Waals surface area contributed by atoms with Crippen molar-refractivity contribution in [3.05, 3.63) is 77.9 Å². The predicted octanol–water partition coefficient (Wildman–Crippen LogP) is 3.99. The fraction of sp³-hybridized carbons (Fsp3) is 0.111. The van der Waals surface area contributed by atoms with Crippen LogP contribution in [-0.4, -0.2) is 17.0 Å². The lowest BCUT2D eigenvalue weighted by Gasteiger charge is -2.14. The third-order valence-electron chi connectivity index (χ3n) is 2.95. The summed E-state index contributed by atoms with van der Waals surface area (Å²) in [6, 6.07) is 9.04. The molecule has 0 atom stereocenters. The molecule has 23 heavy (non-hydrogen) atoms. The lowest BCUT2D eigenvalue weighted by Crippen LogP contribution is -2.11. The number of thiol groups is 1. The van der Waals surface area contributed by atoms with E-state index >= 15 is 0 Å². The Morgan fingerprint density at radius 2 is 1.96 bits per heavy atom. The van der Waals surface area contributed by atoms with Gasteiger partial charge in [-0.2, -0.15) is 0 Å². The van der Waals surface area contributed by atoms with Crippen LogP contribution in [0.5, 0.6) is 0 Å². The topological polar surface area (TPSA) is 63.6 Å². The van der Waals surface area contributed by atoms with Crippen LogP contribution < -0.4 is 0 Å². The van der Waals surface area contributed by atoms with Crippen molar-refractivity contribution < 1.29 is 18.9 Å². The Morgan fingerprint density at radius 3 is 2.43 bits per heavy atom. The first-order valence-corrected chi connectivity index (χ1v) is 7.23. The van der Waals surface area contributed by atoms with Crippen molar-refractivity contribution in [2.45, 2.75) is 13.3 Å². The minimum Gasteiger partial charge on any atom is -0.481 e. The number of benzene rings is 1. The lowest BCUT2D eigenvalue weighted by molar-refractivity contribution is -0.138. The van der Waals surface area contributed by atoms with Crippen LogP contribution >= 0.6 is 12.9 Å². The Kier molecular flexibility index (Phi) is 7.63. The lowest BCUT2D eigenvalue weighted by atomic mass is 9.90. The molecule has 1 aromatic carbocycles. The third-order valence-corrected chi connectivity index (χ3v) is 3.12. The first-order chi connectivity index (χ1) is 11.0. The molecule has 120 valence electrons. The summed E-state index contributed by atoms with van der Waals surface area (Å²) in [6.45, 7) is 5.49. The minimum atomic E-state index is -1.13. The number of rotatable bonds is 7. The molecule has 0 unspecified atom stereocenters. The van der Waals surface area contributed by atoms with E-state index in [2.05, 4.69) is 23.7 Å². The second-order valence-electron chi connectivity index (χ2n) is 4.53. The van der Waals surface area contributed by atoms with E-state index in [4.69, 9.17) is 5.11 Å². The summed E-state index contributed by atoms with van der Waals surface area (Å²) in [5.74, 6) is -1.93. The number of allylic oxidation sites excluding steroid dienone is 6. The van der Waals surface area contributed by atoms with Gasteiger partial charge in [-0.15, -0.1) is 0 Å². The van der Waals surface area contributed by atoms with E-state index in [1.165, 1.54) is 0 Å². The molecule has 0 fully saturated rings. The molecule has 1 aromatic rings. The quantitative estimate of drug-likeness (QED) is 0.343. The number of carboxylic acid groups (broad SMARTS) is 1. The van der Waals surface area contributed by atoms with Crippen molar-refractivity contribution >= 4 is 30.4 Å². The largest absolute Gasteiger partial charge is 0.481 e. The van der Waals surface area contributed by atoms with Gasteiger partial charge in [0.25, 0.3) is 0 Å². The molecule has 0 aliphatic carbocycles. The summed E-state index contributed by atoms with van der Waals surface area (Å²) in [5, 5.41) is 9.14. The molecule has 4 nitrogen and oxygen atoms in total. The fourth-order valence-electron chi connectivity index (χ4n) is 2.12. The molecule has 0 aliphatic rings. The molecule has 0 spiro atoms. The number of carboxylic acids is 1. The second kappa shape index (κ2) is 9.48. The van der Waals surface area contributed by atoms with E-state index in [1.54, 1.807) is 48.6 Å². The predicted molar refractivity (Wildman–Crippen MR) is 93.8 cm³/mol. The van der Waals surface area contributed by atoms with E-state index in [1.807, 2.05) is 13.0 Å². The Labute approximate surface area is 141 Å². The van der Waals surface area contributed by atoms with Crippen LogP contribution in [0, 0.1) is 0 Å². The Morgan fingerprint density at radius 1 is 1.30 bits per heavy atom. The minimum absolute atomic E-state index is 0.0184. The first kappa shape index (κ1) is 18.5. The van der Waals surface area contributed by atoms with Gasteiger partial charge >= 0.3 is 11.9 Å². The molecule has 0 saturated heterocycles.